The molecule has 0 atom stereocenters. The van der Waals surface area contributed by atoms with Crippen LogP contribution in [-0.2, 0) is 18.0 Å². The Hall–Kier alpha value is -3.38. The van der Waals surface area contributed by atoms with Gasteiger partial charge in [0.25, 0.3) is 0 Å². The minimum absolute atomic E-state index is 0.217. The first-order chi connectivity index (χ1) is 15.0. The highest BCUT2D eigenvalue weighted by atomic mass is 79.9. The molecule has 0 unspecified atom stereocenters. The topological polar surface area (TPSA) is 65.7 Å². The van der Waals surface area contributed by atoms with Crippen molar-refractivity contribution in [3.63, 3.8) is 0 Å². The van der Waals surface area contributed by atoms with Crippen molar-refractivity contribution in [3.05, 3.63) is 110 Å². The molecule has 4 aromatic rings. The maximum absolute atomic E-state index is 12.3. The molecule has 0 spiro atoms. The van der Waals surface area contributed by atoms with Crippen molar-refractivity contribution < 1.29 is 18.7 Å². The first kappa shape index (κ1) is 20.9. The molecule has 0 aliphatic heterocycles. The van der Waals surface area contributed by atoms with Crippen LogP contribution in [0.15, 0.2) is 86.5 Å². The molecule has 0 aliphatic carbocycles. The molecule has 0 bridgehead atoms. The Balaban J connectivity index is 1.36. The SMILES string of the molecule is Cc1cc(=O)oc2cc(OCc3ccc(C(=O)OCc4ccc(Br)cc4)cc3)ccc12. The van der Waals surface area contributed by atoms with Gasteiger partial charge in [0.05, 0.1) is 5.56 Å². The Labute approximate surface area is 187 Å². The van der Waals surface area contributed by atoms with Crippen LogP contribution < -0.4 is 10.4 Å². The van der Waals surface area contributed by atoms with Crippen molar-refractivity contribution in [2.45, 2.75) is 20.1 Å². The smallest absolute Gasteiger partial charge is 0.338 e. The van der Waals surface area contributed by atoms with E-state index in [-0.39, 0.29) is 18.2 Å². The van der Waals surface area contributed by atoms with Crippen LogP contribution in [0.5, 0.6) is 5.75 Å². The van der Waals surface area contributed by atoms with Gasteiger partial charge in [0.2, 0.25) is 0 Å². The lowest BCUT2D eigenvalue weighted by Crippen LogP contribution is -2.05. The highest BCUT2D eigenvalue weighted by molar-refractivity contribution is 9.10. The van der Waals surface area contributed by atoms with Crippen LogP contribution in [0.25, 0.3) is 11.0 Å². The van der Waals surface area contributed by atoms with E-state index >= 15 is 0 Å². The first-order valence-corrected chi connectivity index (χ1v) is 10.4. The zero-order valence-electron chi connectivity index (χ0n) is 16.8. The molecule has 0 aliphatic rings. The van der Waals surface area contributed by atoms with Crippen molar-refractivity contribution in [1.29, 1.82) is 0 Å². The standard InChI is InChI=1S/C25H19BrO5/c1-16-12-24(27)31-23-13-21(10-11-22(16)23)29-14-17-2-6-19(7-3-17)25(28)30-15-18-4-8-20(26)9-5-18/h2-13H,14-15H2,1H3. The van der Waals surface area contributed by atoms with Gasteiger partial charge in [-0.15, -0.1) is 0 Å². The molecule has 0 amide bonds. The number of fused-ring (bicyclic) bond motifs is 1. The second kappa shape index (κ2) is 9.18. The fraction of sp³-hybridized carbons (Fsp3) is 0.120. The van der Waals surface area contributed by atoms with E-state index in [1.807, 2.05) is 55.5 Å². The van der Waals surface area contributed by atoms with Gasteiger partial charge in [0.15, 0.2) is 0 Å². The van der Waals surface area contributed by atoms with Gasteiger partial charge in [-0.1, -0.05) is 40.2 Å². The highest BCUT2D eigenvalue weighted by Crippen LogP contribution is 2.23. The molecule has 3 aromatic carbocycles. The van der Waals surface area contributed by atoms with Crippen molar-refractivity contribution in [2.75, 3.05) is 0 Å². The van der Waals surface area contributed by atoms with Crippen LogP contribution in [0.3, 0.4) is 0 Å². The average Bonchev–Trinajstić information content (AvgIpc) is 2.77. The third-order valence-corrected chi connectivity index (χ3v) is 5.33. The fourth-order valence-corrected chi connectivity index (χ4v) is 3.38. The summed E-state index contributed by atoms with van der Waals surface area (Å²) < 4.78 is 17.4. The quantitative estimate of drug-likeness (QED) is 0.258. The minimum Gasteiger partial charge on any atom is -0.489 e. The number of carbonyl (C=O) groups is 1. The van der Waals surface area contributed by atoms with Crippen LogP contribution in [0, 0.1) is 6.92 Å². The molecule has 156 valence electrons. The number of hydrogen-bond donors (Lipinski definition) is 0. The normalized spacial score (nSPS) is 10.8. The summed E-state index contributed by atoms with van der Waals surface area (Å²) in [6.07, 6.45) is 0. The van der Waals surface area contributed by atoms with E-state index < -0.39 is 0 Å². The van der Waals surface area contributed by atoms with E-state index in [9.17, 15) is 9.59 Å². The average molecular weight is 479 g/mol. The molecule has 31 heavy (non-hydrogen) atoms. The number of halogens is 1. The fourth-order valence-electron chi connectivity index (χ4n) is 3.11. The van der Waals surface area contributed by atoms with Crippen LogP contribution in [-0.4, -0.2) is 5.97 Å². The molecule has 0 N–H and O–H groups in total. The number of rotatable bonds is 6. The molecule has 1 aromatic heterocycles. The Morgan fingerprint density at radius 3 is 2.32 bits per heavy atom. The van der Waals surface area contributed by atoms with E-state index in [4.69, 9.17) is 13.9 Å². The third kappa shape index (κ3) is 5.22. The van der Waals surface area contributed by atoms with Gasteiger partial charge in [-0.05, 0) is 60.0 Å². The maximum Gasteiger partial charge on any atom is 0.338 e. The number of carbonyl (C=O) groups excluding carboxylic acids is 1. The highest BCUT2D eigenvalue weighted by Gasteiger charge is 2.08. The van der Waals surface area contributed by atoms with Gasteiger partial charge in [-0.3, -0.25) is 0 Å². The van der Waals surface area contributed by atoms with Gasteiger partial charge in [0, 0.05) is 22.0 Å². The van der Waals surface area contributed by atoms with Gasteiger partial charge < -0.3 is 13.9 Å². The van der Waals surface area contributed by atoms with Gasteiger partial charge in [0.1, 0.15) is 24.5 Å². The summed E-state index contributed by atoms with van der Waals surface area (Å²) in [6, 6.07) is 21.6. The number of ether oxygens (including phenoxy) is 2. The number of benzene rings is 3. The van der Waals surface area contributed by atoms with Gasteiger partial charge >= 0.3 is 11.6 Å². The number of aryl methyl sites for hydroxylation is 1. The Morgan fingerprint density at radius 2 is 1.58 bits per heavy atom. The summed E-state index contributed by atoms with van der Waals surface area (Å²) >= 11 is 3.38. The molecule has 0 radical (unpaired) electrons. The summed E-state index contributed by atoms with van der Waals surface area (Å²) in [5, 5.41) is 0.873. The lowest BCUT2D eigenvalue weighted by Gasteiger charge is -2.09. The molecule has 0 saturated heterocycles. The van der Waals surface area contributed by atoms with Crippen molar-refractivity contribution in [3.8, 4) is 5.75 Å². The summed E-state index contributed by atoms with van der Waals surface area (Å²) in [5.41, 5.74) is 3.26. The molecular formula is C25H19BrO5. The van der Waals surface area contributed by atoms with Crippen molar-refractivity contribution in [1.82, 2.24) is 0 Å². The molecule has 0 fully saturated rings. The van der Waals surface area contributed by atoms with E-state index in [0.29, 0.717) is 23.5 Å². The third-order valence-electron chi connectivity index (χ3n) is 4.80. The monoisotopic (exact) mass is 478 g/mol. The maximum atomic E-state index is 12.3. The second-order valence-corrected chi connectivity index (χ2v) is 8.01. The zero-order valence-corrected chi connectivity index (χ0v) is 18.3. The van der Waals surface area contributed by atoms with E-state index in [1.54, 1.807) is 18.2 Å². The second-order valence-electron chi connectivity index (χ2n) is 7.09. The summed E-state index contributed by atoms with van der Waals surface area (Å²) in [7, 11) is 0. The predicted octanol–water partition coefficient (Wildman–Crippen LogP) is 5.80. The minimum atomic E-state index is -0.384. The van der Waals surface area contributed by atoms with Gasteiger partial charge in [-0.2, -0.15) is 0 Å². The number of hydrogen-bond acceptors (Lipinski definition) is 5. The van der Waals surface area contributed by atoms with Gasteiger partial charge in [-0.25, -0.2) is 9.59 Å². The molecular weight excluding hydrogens is 460 g/mol. The lowest BCUT2D eigenvalue weighted by molar-refractivity contribution is 0.0472. The summed E-state index contributed by atoms with van der Waals surface area (Å²) in [5.74, 6) is 0.217. The molecule has 4 rings (SSSR count). The molecule has 0 saturated carbocycles. The van der Waals surface area contributed by atoms with Crippen LogP contribution >= 0.6 is 15.9 Å². The molecule has 6 heteroatoms. The van der Waals surface area contributed by atoms with E-state index in [0.717, 1.165) is 26.5 Å². The first-order valence-electron chi connectivity index (χ1n) is 9.66. The predicted molar refractivity (Wildman–Crippen MR) is 121 cm³/mol. The van der Waals surface area contributed by atoms with E-state index in [2.05, 4.69) is 15.9 Å². The van der Waals surface area contributed by atoms with E-state index in [1.165, 1.54) is 6.07 Å². The van der Waals surface area contributed by atoms with Crippen LogP contribution in [0.1, 0.15) is 27.0 Å². The Kier molecular flexibility index (Phi) is 6.18. The zero-order chi connectivity index (χ0) is 21.8. The number of esters is 1. The van der Waals surface area contributed by atoms with Crippen LogP contribution in [0.4, 0.5) is 0 Å². The molecule has 5 nitrogen and oxygen atoms in total. The summed E-state index contributed by atoms with van der Waals surface area (Å²) in [6.45, 7) is 2.40. The van der Waals surface area contributed by atoms with Crippen molar-refractivity contribution >= 4 is 32.9 Å². The summed E-state index contributed by atoms with van der Waals surface area (Å²) in [4.78, 5) is 23.8. The lowest BCUT2D eigenvalue weighted by atomic mass is 10.1. The molecule has 1 heterocycles. The Morgan fingerprint density at radius 1 is 0.903 bits per heavy atom. The van der Waals surface area contributed by atoms with Crippen LogP contribution in [0.2, 0.25) is 0 Å². The Bertz CT molecular complexity index is 1270. The largest absolute Gasteiger partial charge is 0.489 e. The van der Waals surface area contributed by atoms with Crippen molar-refractivity contribution in [2.24, 2.45) is 0 Å².